The fraction of sp³-hybridized carbons (Fsp3) is 0.368. The van der Waals surface area contributed by atoms with Crippen molar-refractivity contribution in [1.29, 1.82) is 0 Å². The van der Waals surface area contributed by atoms with E-state index in [9.17, 15) is 0 Å². The molecule has 1 aliphatic rings. The van der Waals surface area contributed by atoms with Crippen LogP contribution in [0.1, 0.15) is 41.1 Å². The first-order valence-corrected chi connectivity index (χ1v) is 7.54. The van der Waals surface area contributed by atoms with Crippen LogP contribution in [0.2, 0.25) is 0 Å². The molecular weight excluding hydrogens is 242 g/mol. The van der Waals surface area contributed by atoms with Crippen molar-refractivity contribution in [1.82, 2.24) is 0 Å². The summed E-state index contributed by atoms with van der Waals surface area (Å²) in [6.07, 6.45) is 2.69. The Kier molecular flexibility index (Phi) is 3.52. The van der Waals surface area contributed by atoms with Gasteiger partial charge in [-0.1, -0.05) is 35.9 Å². The summed E-state index contributed by atoms with van der Waals surface area (Å²) in [5, 5.41) is 3.74. The average molecular weight is 265 g/mol. The van der Waals surface area contributed by atoms with Crippen molar-refractivity contribution in [3.8, 4) is 0 Å². The summed E-state index contributed by atoms with van der Waals surface area (Å²) < 4.78 is 0. The van der Waals surface area contributed by atoms with Gasteiger partial charge in [-0.25, -0.2) is 0 Å². The van der Waals surface area contributed by atoms with Gasteiger partial charge in [-0.2, -0.15) is 0 Å². The standard InChI is InChI=1S/C19H23N/c1-13-4-7-16(8-5-13)19(17-9-10-17)20-18-11-6-14(2)15(3)12-18/h4-8,11-12,17,19-20H,9-10H2,1-3H3. The summed E-state index contributed by atoms with van der Waals surface area (Å²) in [5.74, 6) is 0.791. The zero-order valence-corrected chi connectivity index (χ0v) is 12.6. The molecule has 0 bridgehead atoms. The van der Waals surface area contributed by atoms with Crippen LogP contribution in [0.4, 0.5) is 5.69 Å². The maximum Gasteiger partial charge on any atom is 0.0542 e. The van der Waals surface area contributed by atoms with Crippen molar-refractivity contribution in [3.05, 3.63) is 64.7 Å². The van der Waals surface area contributed by atoms with Crippen LogP contribution < -0.4 is 5.32 Å². The Labute approximate surface area is 122 Å². The van der Waals surface area contributed by atoms with E-state index in [1.54, 1.807) is 0 Å². The molecule has 0 heterocycles. The molecule has 2 aromatic rings. The van der Waals surface area contributed by atoms with Gasteiger partial charge in [0.05, 0.1) is 6.04 Å². The average Bonchev–Trinajstić information content (AvgIpc) is 3.26. The normalized spacial score (nSPS) is 15.9. The largest absolute Gasteiger partial charge is 0.378 e. The highest BCUT2D eigenvalue weighted by atomic mass is 14.9. The van der Waals surface area contributed by atoms with Gasteiger partial charge < -0.3 is 5.32 Å². The molecule has 1 heteroatoms. The van der Waals surface area contributed by atoms with Crippen molar-refractivity contribution in [2.24, 2.45) is 5.92 Å². The van der Waals surface area contributed by atoms with Gasteiger partial charge in [0.25, 0.3) is 0 Å². The zero-order valence-electron chi connectivity index (χ0n) is 12.6. The van der Waals surface area contributed by atoms with Gasteiger partial charge in [0.1, 0.15) is 0 Å². The lowest BCUT2D eigenvalue weighted by Gasteiger charge is -2.21. The molecule has 0 aromatic heterocycles. The number of benzene rings is 2. The van der Waals surface area contributed by atoms with Crippen molar-refractivity contribution in [2.45, 2.75) is 39.7 Å². The van der Waals surface area contributed by atoms with E-state index in [0.717, 1.165) is 5.92 Å². The van der Waals surface area contributed by atoms with Crippen molar-refractivity contribution >= 4 is 5.69 Å². The Balaban J connectivity index is 1.84. The topological polar surface area (TPSA) is 12.0 Å². The fourth-order valence-corrected chi connectivity index (χ4v) is 2.69. The molecule has 0 amide bonds. The Morgan fingerprint density at radius 3 is 2.20 bits per heavy atom. The van der Waals surface area contributed by atoms with Crippen LogP contribution in [-0.4, -0.2) is 0 Å². The predicted molar refractivity (Wildman–Crippen MR) is 86.2 cm³/mol. The minimum Gasteiger partial charge on any atom is -0.378 e. The van der Waals surface area contributed by atoms with E-state index in [4.69, 9.17) is 0 Å². The number of aryl methyl sites for hydroxylation is 3. The van der Waals surface area contributed by atoms with E-state index < -0.39 is 0 Å². The maximum atomic E-state index is 3.74. The van der Waals surface area contributed by atoms with Crippen LogP contribution in [0, 0.1) is 26.7 Å². The Bertz CT molecular complexity index is 594. The summed E-state index contributed by atoms with van der Waals surface area (Å²) in [4.78, 5) is 0. The van der Waals surface area contributed by atoms with Crippen molar-refractivity contribution in [3.63, 3.8) is 0 Å². The third kappa shape index (κ3) is 2.87. The minimum absolute atomic E-state index is 0.456. The van der Waals surface area contributed by atoms with Gasteiger partial charge in [-0.05, 0) is 68.4 Å². The first-order valence-electron chi connectivity index (χ1n) is 7.54. The molecule has 3 rings (SSSR count). The molecule has 0 radical (unpaired) electrons. The molecule has 1 aliphatic carbocycles. The maximum absolute atomic E-state index is 3.74. The first kappa shape index (κ1) is 13.2. The molecule has 0 spiro atoms. The van der Waals surface area contributed by atoms with Gasteiger partial charge in [0.2, 0.25) is 0 Å². The molecule has 1 N–H and O–H groups in total. The third-order valence-electron chi connectivity index (χ3n) is 4.36. The first-order chi connectivity index (χ1) is 9.63. The smallest absolute Gasteiger partial charge is 0.0542 e. The highest BCUT2D eigenvalue weighted by Gasteiger charge is 2.32. The lowest BCUT2D eigenvalue weighted by molar-refractivity contribution is 0.679. The lowest BCUT2D eigenvalue weighted by Crippen LogP contribution is -2.13. The van der Waals surface area contributed by atoms with Gasteiger partial charge in [0, 0.05) is 5.69 Å². The molecule has 1 nitrogen and oxygen atoms in total. The van der Waals surface area contributed by atoms with E-state index in [-0.39, 0.29) is 0 Å². The minimum atomic E-state index is 0.456. The lowest BCUT2D eigenvalue weighted by atomic mass is 10.00. The molecule has 1 unspecified atom stereocenters. The molecule has 2 aromatic carbocycles. The van der Waals surface area contributed by atoms with Gasteiger partial charge in [-0.15, -0.1) is 0 Å². The molecule has 0 aliphatic heterocycles. The summed E-state index contributed by atoms with van der Waals surface area (Å²) in [6, 6.07) is 16.1. The highest BCUT2D eigenvalue weighted by molar-refractivity contribution is 5.50. The highest BCUT2D eigenvalue weighted by Crippen LogP contribution is 2.43. The van der Waals surface area contributed by atoms with Crippen LogP contribution >= 0.6 is 0 Å². The molecule has 1 saturated carbocycles. The quantitative estimate of drug-likeness (QED) is 0.803. The second kappa shape index (κ2) is 5.32. The summed E-state index contributed by atoms with van der Waals surface area (Å²) in [6.45, 7) is 6.49. The predicted octanol–water partition coefficient (Wildman–Crippen LogP) is 5.18. The number of nitrogens with one attached hydrogen (secondary N) is 1. The second-order valence-corrected chi connectivity index (χ2v) is 6.17. The van der Waals surface area contributed by atoms with Gasteiger partial charge in [0.15, 0.2) is 0 Å². The van der Waals surface area contributed by atoms with E-state index in [0.29, 0.717) is 6.04 Å². The van der Waals surface area contributed by atoms with Crippen LogP contribution in [-0.2, 0) is 0 Å². The van der Waals surface area contributed by atoms with Crippen LogP contribution in [0.5, 0.6) is 0 Å². The summed E-state index contributed by atoms with van der Waals surface area (Å²) in [7, 11) is 0. The summed E-state index contributed by atoms with van der Waals surface area (Å²) >= 11 is 0. The van der Waals surface area contributed by atoms with Gasteiger partial charge >= 0.3 is 0 Å². The van der Waals surface area contributed by atoms with Crippen molar-refractivity contribution in [2.75, 3.05) is 5.32 Å². The Morgan fingerprint density at radius 2 is 1.60 bits per heavy atom. The molecular formula is C19H23N. The third-order valence-corrected chi connectivity index (χ3v) is 4.36. The summed E-state index contributed by atoms with van der Waals surface area (Å²) in [5.41, 5.74) is 6.69. The zero-order chi connectivity index (χ0) is 14.1. The number of hydrogen-bond donors (Lipinski definition) is 1. The number of rotatable bonds is 4. The van der Waals surface area contributed by atoms with E-state index in [1.807, 2.05) is 0 Å². The number of anilines is 1. The molecule has 1 fully saturated rings. The molecule has 1 atom stereocenters. The molecule has 104 valence electrons. The van der Waals surface area contributed by atoms with Crippen LogP contribution in [0.15, 0.2) is 42.5 Å². The molecule has 20 heavy (non-hydrogen) atoms. The van der Waals surface area contributed by atoms with Gasteiger partial charge in [-0.3, -0.25) is 0 Å². The Morgan fingerprint density at radius 1 is 0.900 bits per heavy atom. The number of hydrogen-bond acceptors (Lipinski definition) is 1. The van der Waals surface area contributed by atoms with Crippen molar-refractivity contribution < 1.29 is 0 Å². The van der Waals surface area contributed by atoms with E-state index in [2.05, 4.69) is 68.6 Å². The Hall–Kier alpha value is -1.76. The monoisotopic (exact) mass is 265 g/mol. The SMILES string of the molecule is Cc1ccc(C(Nc2ccc(C)c(C)c2)C2CC2)cc1. The van der Waals surface area contributed by atoms with Crippen LogP contribution in [0.25, 0.3) is 0 Å². The fourth-order valence-electron chi connectivity index (χ4n) is 2.69. The van der Waals surface area contributed by atoms with E-state index in [1.165, 1.54) is 40.8 Å². The van der Waals surface area contributed by atoms with E-state index >= 15 is 0 Å². The molecule has 0 saturated heterocycles. The van der Waals surface area contributed by atoms with Crippen LogP contribution in [0.3, 0.4) is 0 Å². The second-order valence-electron chi connectivity index (χ2n) is 6.17.